The lowest BCUT2D eigenvalue weighted by atomic mass is 10.0. The predicted octanol–water partition coefficient (Wildman–Crippen LogP) is 2.63. The van der Waals surface area contributed by atoms with Crippen LogP contribution in [0.4, 0.5) is 5.69 Å². The fourth-order valence-electron chi connectivity index (χ4n) is 2.12. The van der Waals surface area contributed by atoms with Crippen molar-refractivity contribution in [3.05, 3.63) is 39.9 Å². The fraction of sp³-hybridized carbons (Fsp3) is 0.533. The molecule has 0 aliphatic rings. The largest absolute Gasteiger partial charge is 0.338 e. The highest BCUT2D eigenvalue weighted by molar-refractivity contribution is 5.81. The second kappa shape index (κ2) is 7.73. The summed E-state index contributed by atoms with van der Waals surface area (Å²) in [7, 11) is 1.68. The van der Waals surface area contributed by atoms with Gasteiger partial charge in [0.2, 0.25) is 5.91 Å². The number of carbonyl (C=O) groups excluding carboxylic acids is 1. The molecule has 0 saturated heterocycles. The molecule has 116 valence electrons. The smallest absolute Gasteiger partial charge is 0.269 e. The third kappa shape index (κ3) is 4.53. The molecule has 21 heavy (non-hydrogen) atoms. The number of carbonyl (C=O) groups is 1. The molecule has 6 nitrogen and oxygen atoms in total. The summed E-state index contributed by atoms with van der Waals surface area (Å²) in [4.78, 5) is 24.2. The maximum absolute atomic E-state index is 12.2. The van der Waals surface area contributed by atoms with Crippen molar-refractivity contribution < 1.29 is 9.72 Å². The average Bonchev–Trinajstić information content (AvgIpc) is 2.50. The van der Waals surface area contributed by atoms with Gasteiger partial charge in [-0.2, -0.15) is 0 Å². The first-order chi connectivity index (χ1) is 9.88. The van der Waals surface area contributed by atoms with Gasteiger partial charge in [0.1, 0.15) is 0 Å². The van der Waals surface area contributed by atoms with Crippen molar-refractivity contribution in [2.75, 3.05) is 7.05 Å². The summed E-state index contributed by atoms with van der Waals surface area (Å²) in [6.07, 6.45) is 2.55. The van der Waals surface area contributed by atoms with E-state index in [4.69, 9.17) is 5.73 Å². The van der Waals surface area contributed by atoms with E-state index in [0.717, 1.165) is 18.4 Å². The predicted molar refractivity (Wildman–Crippen MR) is 81.8 cm³/mol. The first-order valence-corrected chi connectivity index (χ1v) is 7.15. The molecule has 0 radical (unpaired) electrons. The van der Waals surface area contributed by atoms with Crippen LogP contribution < -0.4 is 5.73 Å². The van der Waals surface area contributed by atoms with Crippen LogP contribution in [0.2, 0.25) is 0 Å². The maximum Gasteiger partial charge on any atom is 0.269 e. The molecule has 2 N–H and O–H groups in total. The molecule has 1 amide bonds. The number of nitrogens with zero attached hydrogens (tertiary/aromatic N) is 2. The Kier molecular flexibility index (Phi) is 6.30. The summed E-state index contributed by atoms with van der Waals surface area (Å²) < 4.78 is 0. The van der Waals surface area contributed by atoms with Gasteiger partial charge in [-0.25, -0.2) is 0 Å². The molecule has 6 heteroatoms. The molecule has 0 spiro atoms. The van der Waals surface area contributed by atoms with Crippen molar-refractivity contribution in [3.63, 3.8) is 0 Å². The third-order valence-electron chi connectivity index (χ3n) is 3.68. The number of likely N-dealkylation sites (N-methyl/N-ethyl adjacent to an activating group) is 1. The summed E-state index contributed by atoms with van der Waals surface area (Å²) in [6, 6.07) is 5.55. The van der Waals surface area contributed by atoms with Crippen molar-refractivity contribution >= 4 is 11.6 Å². The Labute approximate surface area is 125 Å². The molecular formula is C15H23N3O3. The standard InChI is InChI=1S/C15H23N3O3/c1-4-5-9-14(16)15(19)17(3)11(2)12-7-6-8-13(10-12)18(20)21/h6-8,10-11,14H,4-5,9,16H2,1-3H3. The Hall–Kier alpha value is -1.95. The van der Waals surface area contributed by atoms with Crippen molar-refractivity contribution in [3.8, 4) is 0 Å². The minimum Gasteiger partial charge on any atom is -0.338 e. The monoisotopic (exact) mass is 293 g/mol. The maximum atomic E-state index is 12.2. The Bertz CT molecular complexity index is 505. The van der Waals surface area contributed by atoms with E-state index >= 15 is 0 Å². The highest BCUT2D eigenvalue weighted by atomic mass is 16.6. The molecule has 0 aliphatic carbocycles. The van der Waals surface area contributed by atoms with E-state index in [1.807, 2.05) is 13.8 Å². The van der Waals surface area contributed by atoms with Crippen LogP contribution in [0.5, 0.6) is 0 Å². The highest BCUT2D eigenvalue weighted by Crippen LogP contribution is 2.23. The van der Waals surface area contributed by atoms with Crippen molar-refractivity contribution in [1.82, 2.24) is 4.90 Å². The SMILES string of the molecule is CCCCC(N)C(=O)N(C)C(C)c1cccc([N+](=O)[O-])c1. The molecule has 0 bridgehead atoms. The Morgan fingerprint density at radius 1 is 1.48 bits per heavy atom. The van der Waals surface area contributed by atoms with Crippen LogP contribution in [0.3, 0.4) is 0 Å². The van der Waals surface area contributed by atoms with Gasteiger partial charge in [-0.3, -0.25) is 14.9 Å². The van der Waals surface area contributed by atoms with Gasteiger partial charge >= 0.3 is 0 Å². The van der Waals surface area contributed by atoms with Gasteiger partial charge in [0.15, 0.2) is 0 Å². The van der Waals surface area contributed by atoms with Crippen LogP contribution in [0.15, 0.2) is 24.3 Å². The van der Waals surface area contributed by atoms with Crippen LogP contribution in [0.25, 0.3) is 0 Å². The molecular weight excluding hydrogens is 270 g/mol. The number of hydrogen-bond donors (Lipinski definition) is 1. The topological polar surface area (TPSA) is 89.5 Å². The number of nitro benzene ring substituents is 1. The minimum atomic E-state index is -0.518. The van der Waals surface area contributed by atoms with Gasteiger partial charge in [-0.15, -0.1) is 0 Å². The molecule has 2 unspecified atom stereocenters. The molecule has 1 aromatic carbocycles. The van der Waals surface area contributed by atoms with E-state index in [-0.39, 0.29) is 17.6 Å². The van der Waals surface area contributed by atoms with E-state index in [1.54, 1.807) is 24.1 Å². The van der Waals surface area contributed by atoms with Gasteiger partial charge in [0.05, 0.1) is 17.0 Å². The lowest BCUT2D eigenvalue weighted by molar-refractivity contribution is -0.384. The van der Waals surface area contributed by atoms with E-state index in [9.17, 15) is 14.9 Å². The number of benzene rings is 1. The van der Waals surface area contributed by atoms with Crippen molar-refractivity contribution in [2.24, 2.45) is 5.73 Å². The Balaban J connectivity index is 2.82. The number of rotatable bonds is 7. The Morgan fingerprint density at radius 2 is 2.14 bits per heavy atom. The zero-order chi connectivity index (χ0) is 16.0. The first kappa shape index (κ1) is 17.1. The minimum absolute atomic E-state index is 0.0236. The summed E-state index contributed by atoms with van der Waals surface area (Å²) in [5.74, 6) is -0.137. The fourth-order valence-corrected chi connectivity index (χ4v) is 2.12. The van der Waals surface area contributed by atoms with E-state index in [0.29, 0.717) is 6.42 Å². The zero-order valence-electron chi connectivity index (χ0n) is 12.8. The van der Waals surface area contributed by atoms with E-state index in [1.165, 1.54) is 12.1 Å². The zero-order valence-corrected chi connectivity index (χ0v) is 12.8. The van der Waals surface area contributed by atoms with Crippen LogP contribution in [-0.2, 0) is 4.79 Å². The quantitative estimate of drug-likeness (QED) is 0.618. The summed E-state index contributed by atoms with van der Waals surface area (Å²) in [5, 5.41) is 10.8. The number of non-ortho nitro benzene ring substituents is 1. The molecule has 0 aliphatic heterocycles. The molecule has 2 atom stereocenters. The van der Waals surface area contributed by atoms with E-state index in [2.05, 4.69) is 0 Å². The second-order valence-electron chi connectivity index (χ2n) is 5.23. The lowest BCUT2D eigenvalue weighted by Gasteiger charge is -2.27. The van der Waals surface area contributed by atoms with Gasteiger partial charge in [-0.1, -0.05) is 31.9 Å². The third-order valence-corrected chi connectivity index (χ3v) is 3.68. The van der Waals surface area contributed by atoms with Crippen molar-refractivity contribution in [2.45, 2.75) is 45.2 Å². The van der Waals surface area contributed by atoms with Crippen LogP contribution >= 0.6 is 0 Å². The van der Waals surface area contributed by atoms with E-state index < -0.39 is 11.0 Å². The van der Waals surface area contributed by atoms with Crippen LogP contribution in [0.1, 0.15) is 44.7 Å². The first-order valence-electron chi connectivity index (χ1n) is 7.15. The van der Waals surface area contributed by atoms with Gasteiger partial charge in [0, 0.05) is 19.2 Å². The molecule has 1 aromatic rings. The lowest BCUT2D eigenvalue weighted by Crippen LogP contribution is -2.42. The molecule has 1 rings (SSSR count). The van der Waals surface area contributed by atoms with Gasteiger partial charge in [0.25, 0.3) is 5.69 Å². The Morgan fingerprint density at radius 3 is 2.71 bits per heavy atom. The molecule has 0 heterocycles. The molecule has 0 fully saturated rings. The van der Waals surface area contributed by atoms with Crippen LogP contribution in [0, 0.1) is 10.1 Å². The number of nitrogens with two attached hydrogens (primary N) is 1. The summed E-state index contributed by atoms with van der Waals surface area (Å²) in [5.41, 5.74) is 6.65. The number of nitro groups is 1. The van der Waals surface area contributed by atoms with Crippen molar-refractivity contribution in [1.29, 1.82) is 0 Å². The number of amides is 1. The second-order valence-corrected chi connectivity index (χ2v) is 5.23. The average molecular weight is 293 g/mol. The summed E-state index contributed by atoms with van der Waals surface area (Å²) in [6.45, 7) is 3.89. The molecule has 0 aromatic heterocycles. The van der Waals surface area contributed by atoms with Crippen LogP contribution in [-0.4, -0.2) is 28.8 Å². The normalized spacial score (nSPS) is 13.5. The van der Waals surface area contributed by atoms with Gasteiger partial charge in [-0.05, 0) is 18.9 Å². The molecule has 0 saturated carbocycles. The number of unbranched alkanes of at least 4 members (excludes halogenated alkanes) is 1. The summed E-state index contributed by atoms with van der Waals surface area (Å²) >= 11 is 0. The number of hydrogen-bond acceptors (Lipinski definition) is 4. The highest BCUT2D eigenvalue weighted by Gasteiger charge is 2.23. The van der Waals surface area contributed by atoms with Gasteiger partial charge < -0.3 is 10.6 Å².